The lowest BCUT2D eigenvalue weighted by Gasteiger charge is -2.34. The molecule has 28 heavy (non-hydrogen) atoms. The molecule has 0 aliphatic carbocycles. The van der Waals surface area contributed by atoms with Crippen LogP contribution in [0.1, 0.15) is 11.1 Å². The number of fused-ring (bicyclic) bond motifs is 1. The Balaban J connectivity index is 1.63. The molecule has 150 valence electrons. The zero-order valence-electron chi connectivity index (χ0n) is 16.1. The molecule has 0 radical (unpaired) electrons. The SMILES string of the molecule is Cc1ccc2c(c1)O[C@@H](C(=O)NCCOc1ccccc1C)CN2S(C)(=O)=O. The molecule has 1 aliphatic heterocycles. The number of aryl methyl sites for hydroxylation is 2. The van der Waals surface area contributed by atoms with Gasteiger partial charge in [-0.2, -0.15) is 0 Å². The van der Waals surface area contributed by atoms with E-state index in [-0.39, 0.29) is 19.0 Å². The third-order valence-corrected chi connectivity index (χ3v) is 5.58. The van der Waals surface area contributed by atoms with Crippen molar-refractivity contribution in [3.63, 3.8) is 0 Å². The summed E-state index contributed by atoms with van der Waals surface area (Å²) >= 11 is 0. The molecule has 0 saturated heterocycles. The van der Waals surface area contributed by atoms with Gasteiger partial charge in [-0.3, -0.25) is 9.10 Å². The van der Waals surface area contributed by atoms with E-state index in [9.17, 15) is 13.2 Å². The van der Waals surface area contributed by atoms with Crippen LogP contribution in [-0.2, 0) is 14.8 Å². The van der Waals surface area contributed by atoms with E-state index >= 15 is 0 Å². The Bertz CT molecular complexity index is 974. The van der Waals surface area contributed by atoms with Crippen LogP contribution in [0.25, 0.3) is 0 Å². The van der Waals surface area contributed by atoms with Crippen LogP contribution in [0.2, 0.25) is 0 Å². The molecule has 1 amide bonds. The summed E-state index contributed by atoms with van der Waals surface area (Å²) in [5.74, 6) is 0.764. The first-order valence-corrected chi connectivity index (χ1v) is 10.8. The molecule has 7 nitrogen and oxygen atoms in total. The van der Waals surface area contributed by atoms with Gasteiger partial charge < -0.3 is 14.8 Å². The van der Waals surface area contributed by atoms with E-state index < -0.39 is 16.1 Å². The Morgan fingerprint density at radius 1 is 1.25 bits per heavy atom. The topological polar surface area (TPSA) is 84.9 Å². The van der Waals surface area contributed by atoms with Crippen LogP contribution < -0.4 is 19.1 Å². The van der Waals surface area contributed by atoms with Crippen LogP contribution in [0, 0.1) is 13.8 Å². The smallest absolute Gasteiger partial charge is 0.263 e. The first kappa shape index (κ1) is 20.0. The lowest BCUT2D eigenvalue weighted by atomic mass is 10.1. The van der Waals surface area contributed by atoms with Crippen LogP contribution in [0.15, 0.2) is 42.5 Å². The van der Waals surface area contributed by atoms with Crippen molar-refractivity contribution in [2.75, 3.05) is 30.3 Å². The summed E-state index contributed by atoms with van der Waals surface area (Å²) in [7, 11) is -3.54. The number of benzene rings is 2. The molecule has 1 N–H and O–H groups in total. The Morgan fingerprint density at radius 2 is 2.00 bits per heavy atom. The van der Waals surface area contributed by atoms with Crippen LogP contribution >= 0.6 is 0 Å². The minimum Gasteiger partial charge on any atom is -0.491 e. The van der Waals surface area contributed by atoms with E-state index in [0.29, 0.717) is 18.0 Å². The Labute approximate surface area is 165 Å². The first-order valence-electron chi connectivity index (χ1n) is 8.97. The molecule has 3 rings (SSSR count). The monoisotopic (exact) mass is 404 g/mol. The number of anilines is 1. The fourth-order valence-corrected chi connectivity index (χ4v) is 3.89. The number of rotatable bonds is 6. The predicted molar refractivity (Wildman–Crippen MR) is 107 cm³/mol. The van der Waals surface area contributed by atoms with E-state index in [1.165, 1.54) is 4.31 Å². The maximum absolute atomic E-state index is 12.5. The second kappa shape index (κ2) is 8.10. The molecular formula is C20H24N2O5S. The Morgan fingerprint density at radius 3 is 2.71 bits per heavy atom. The number of carbonyl (C=O) groups excluding carboxylic acids is 1. The van der Waals surface area contributed by atoms with Gasteiger partial charge in [0.2, 0.25) is 10.0 Å². The average Bonchev–Trinajstić information content (AvgIpc) is 2.64. The number of nitrogens with zero attached hydrogens (tertiary/aromatic N) is 1. The van der Waals surface area contributed by atoms with Crippen molar-refractivity contribution < 1.29 is 22.7 Å². The quantitative estimate of drug-likeness (QED) is 0.745. The van der Waals surface area contributed by atoms with E-state index in [1.54, 1.807) is 12.1 Å². The molecule has 0 aromatic heterocycles. The van der Waals surface area contributed by atoms with Gasteiger partial charge in [-0.25, -0.2) is 8.42 Å². The minimum absolute atomic E-state index is 0.0701. The molecule has 0 fully saturated rings. The standard InChI is InChI=1S/C20H24N2O5S/c1-14-8-9-16-18(12-14)27-19(13-22(16)28(3,24)25)20(23)21-10-11-26-17-7-5-4-6-15(17)2/h4-9,12,19H,10-11,13H2,1-3H3,(H,21,23)/t19-/m1/s1. The van der Waals surface area contributed by atoms with Crippen molar-refractivity contribution in [2.24, 2.45) is 0 Å². The molecule has 8 heteroatoms. The minimum atomic E-state index is -3.54. The maximum Gasteiger partial charge on any atom is 0.263 e. The maximum atomic E-state index is 12.5. The van der Waals surface area contributed by atoms with Crippen LogP contribution in [0.5, 0.6) is 11.5 Å². The van der Waals surface area contributed by atoms with Gasteiger partial charge in [0.05, 0.1) is 25.0 Å². The highest BCUT2D eigenvalue weighted by Gasteiger charge is 2.34. The zero-order chi connectivity index (χ0) is 20.3. The van der Waals surface area contributed by atoms with E-state index in [4.69, 9.17) is 9.47 Å². The third-order valence-electron chi connectivity index (χ3n) is 4.43. The van der Waals surface area contributed by atoms with E-state index in [2.05, 4.69) is 5.32 Å². The molecule has 1 heterocycles. The number of amides is 1. The third kappa shape index (κ3) is 4.56. The van der Waals surface area contributed by atoms with Crippen LogP contribution in [0.4, 0.5) is 5.69 Å². The average molecular weight is 404 g/mol. The fraction of sp³-hybridized carbons (Fsp3) is 0.350. The van der Waals surface area contributed by atoms with Gasteiger partial charge >= 0.3 is 0 Å². The largest absolute Gasteiger partial charge is 0.491 e. The van der Waals surface area contributed by atoms with Gasteiger partial charge in [-0.1, -0.05) is 24.3 Å². The molecule has 2 aromatic carbocycles. The van der Waals surface area contributed by atoms with Gasteiger partial charge in [0.15, 0.2) is 6.10 Å². The number of nitrogens with one attached hydrogen (secondary N) is 1. The summed E-state index contributed by atoms with van der Waals surface area (Å²) in [5.41, 5.74) is 2.38. The summed E-state index contributed by atoms with van der Waals surface area (Å²) in [6.45, 7) is 4.34. The van der Waals surface area contributed by atoms with E-state index in [1.807, 2.05) is 44.2 Å². The second-order valence-electron chi connectivity index (χ2n) is 6.78. The number of hydrogen-bond acceptors (Lipinski definition) is 5. The van der Waals surface area contributed by atoms with Crippen molar-refractivity contribution in [1.82, 2.24) is 5.32 Å². The molecule has 0 saturated carbocycles. The molecule has 2 aromatic rings. The van der Waals surface area contributed by atoms with Gasteiger partial charge in [0.1, 0.15) is 18.1 Å². The fourth-order valence-electron chi connectivity index (χ4n) is 2.98. The normalized spacial score (nSPS) is 16.1. The van der Waals surface area contributed by atoms with E-state index in [0.717, 1.165) is 23.1 Å². The van der Waals surface area contributed by atoms with Crippen molar-refractivity contribution in [1.29, 1.82) is 0 Å². The number of para-hydroxylation sites is 1. The predicted octanol–water partition coefficient (Wildman–Crippen LogP) is 2.03. The van der Waals surface area contributed by atoms with Crippen molar-refractivity contribution >= 4 is 21.6 Å². The summed E-state index contributed by atoms with van der Waals surface area (Å²) in [4.78, 5) is 12.5. The Hall–Kier alpha value is -2.74. The zero-order valence-corrected chi connectivity index (χ0v) is 17.0. The summed E-state index contributed by atoms with van der Waals surface area (Å²) in [6.07, 6.45) is 0.190. The molecular weight excluding hydrogens is 380 g/mol. The molecule has 0 spiro atoms. The molecule has 1 aliphatic rings. The molecule has 0 unspecified atom stereocenters. The van der Waals surface area contributed by atoms with Crippen molar-refractivity contribution in [3.05, 3.63) is 53.6 Å². The highest BCUT2D eigenvalue weighted by molar-refractivity contribution is 7.92. The molecule has 0 bridgehead atoms. The summed E-state index contributed by atoms with van der Waals surface area (Å²) in [5, 5.41) is 2.75. The van der Waals surface area contributed by atoms with Crippen LogP contribution in [0.3, 0.4) is 0 Å². The van der Waals surface area contributed by atoms with Gasteiger partial charge in [-0.15, -0.1) is 0 Å². The number of carbonyl (C=O) groups is 1. The first-order chi connectivity index (χ1) is 13.3. The van der Waals surface area contributed by atoms with Gasteiger partial charge in [-0.05, 0) is 43.2 Å². The van der Waals surface area contributed by atoms with Crippen LogP contribution in [-0.4, -0.2) is 46.4 Å². The second-order valence-corrected chi connectivity index (χ2v) is 8.68. The number of hydrogen-bond donors (Lipinski definition) is 1. The summed E-state index contributed by atoms with van der Waals surface area (Å²) in [6, 6.07) is 12.9. The lowest BCUT2D eigenvalue weighted by Crippen LogP contribution is -2.51. The highest BCUT2D eigenvalue weighted by atomic mass is 32.2. The molecule has 1 atom stereocenters. The highest BCUT2D eigenvalue weighted by Crippen LogP contribution is 2.35. The Kier molecular flexibility index (Phi) is 5.79. The number of sulfonamides is 1. The van der Waals surface area contributed by atoms with Gasteiger partial charge in [0.25, 0.3) is 5.91 Å². The summed E-state index contributed by atoms with van der Waals surface area (Å²) < 4.78 is 37.0. The van der Waals surface area contributed by atoms with Gasteiger partial charge in [0, 0.05) is 0 Å². The van der Waals surface area contributed by atoms with Crippen molar-refractivity contribution in [2.45, 2.75) is 20.0 Å². The van der Waals surface area contributed by atoms with Crippen molar-refractivity contribution in [3.8, 4) is 11.5 Å². The number of ether oxygens (including phenoxy) is 2. The lowest BCUT2D eigenvalue weighted by molar-refractivity contribution is -0.127.